The zero-order chi connectivity index (χ0) is 23.4. The second-order valence-corrected chi connectivity index (χ2v) is 11.0. The molecule has 0 fully saturated rings. The van der Waals surface area contributed by atoms with Crippen LogP contribution in [0.2, 0.25) is 5.02 Å². The van der Waals surface area contributed by atoms with Crippen LogP contribution in [-0.2, 0) is 20.6 Å². The van der Waals surface area contributed by atoms with Crippen molar-refractivity contribution in [3.63, 3.8) is 0 Å². The Bertz CT molecular complexity index is 1240. The summed E-state index contributed by atoms with van der Waals surface area (Å²) in [6, 6.07) is 22.5. The summed E-state index contributed by atoms with van der Waals surface area (Å²) in [5.41, 5.74) is 2.13. The lowest BCUT2D eigenvalue weighted by Gasteiger charge is -2.21. The minimum absolute atomic E-state index is 0.111. The summed E-state index contributed by atoms with van der Waals surface area (Å²) in [6.45, 7) is 0.111. The zero-order valence-electron chi connectivity index (χ0n) is 17.9. The van der Waals surface area contributed by atoms with Gasteiger partial charge in [0.05, 0.1) is 11.9 Å². The van der Waals surface area contributed by atoms with Crippen molar-refractivity contribution in [3.8, 4) is 5.75 Å². The number of hydrogen-bond acceptors (Lipinski definition) is 5. The van der Waals surface area contributed by atoms with Crippen LogP contribution in [0.1, 0.15) is 12.0 Å². The molecule has 0 aromatic heterocycles. The second kappa shape index (κ2) is 10.1. The molecule has 33 heavy (non-hydrogen) atoms. The van der Waals surface area contributed by atoms with Crippen LogP contribution in [0.5, 0.6) is 5.75 Å². The number of sulfonamides is 1. The van der Waals surface area contributed by atoms with E-state index in [0.717, 1.165) is 17.6 Å². The molecule has 1 unspecified atom stereocenters. The normalized spacial score (nSPS) is 15.8. The van der Waals surface area contributed by atoms with Crippen LogP contribution in [-0.4, -0.2) is 33.2 Å². The van der Waals surface area contributed by atoms with Crippen LogP contribution >= 0.6 is 23.4 Å². The lowest BCUT2D eigenvalue weighted by molar-refractivity contribution is -0.122. The van der Waals surface area contributed by atoms with Crippen molar-refractivity contribution >= 4 is 50.7 Å². The van der Waals surface area contributed by atoms with Crippen molar-refractivity contribution in [2.45, 2.75) is 23.2 Å². The fraction of sp³-hybridized carbons (Fsp3) is 0.208. The molecule has 3 aromatic carbocycles. The van der Waals surface area contributed by atoms with E-state index in [4.69, 9.17) is 16.3 Å². The van der Waals surface area contributed by atoms with E-state index in [1.165, 1.54) is 15.3 Å². The topological polar surface area (TPSA) is 75.7 Å². The standard InChI is InChI=1S/C24H23ClN2O4S2/c1-33(29,30)27-14-13-23(31-22-12-9-18(25)15-21(22)27)24(28)26-19-10-7-17(8-11-19)16-32-20-5-3-2-4-6-20/h2-12,15,23H,13-14,16H2,1H3,(H,26,28). The maximum atomic E-state index is 12.9. The number of thioether (sulfide) groups is 1. The Morgan fingerprint density at radius 2 is 1.85 bits per heavy atom. The molecule has 1 aliphatic heterocycles. The summed E-state index contributed by atoms with van der Waals surface area (Å²) in [5, 5.41) is 3.26. The molecule has 0 spiro atoms. The van der Waals surface area contributed by atoms with Crippen LogP contribution in [0.25, 0.3) is 0 Å². The van der Waals surface area contributed by atoms with Gasteiger partial charge in [-0.3, -0.25) is 9.10 Å². The van der Waals surface area contributed by atoms with E-state index < -0.39 is 16.1 Å². The number of anilines is 2. The highest BCUT2D eigenvalue weighted by Gasteiger charge is 2.31. The zero-order valence-corrected chi connectivity index (χ0v) is 20.3. The van der Waals surface area contributed by atoms with Gasteiger partial charge in [-0.15, -0.1) is 11.8 Å². The molecule has 1 atom stereocenters. The van der Waals surface area contributed by atoms with Gasteiger partial charge in [-0.25, -0.2) is 8.42 Å². The number of nitrogens with one attached hydrogen (secondary N) is 1. The highest BCUT2D eigenvalue weighted by atomic mass is 35.5. The SMILES string of the molecule is CS(=O)(=O)N1CCC(C(=O)Nc2ccc(CSc3ccccc3)cc2)Oc2ccc(Cl)cc21. The fourth-order valence-electron chi connectivity index (χ4n) is 3.47. The number of nitrogens with zero attached hydrogens (tertiary/aromatic N) is 1. The van der Waals surface area contributed by atoms with Gasteiger partial charge < -0.3 is 10.1 Å². The van der Waals surface area contributed by atoms with Gasteiger partial charge in [-0.2, -0.15) is 0 Å². The van der Waals surface area contributed by atoms with Crippen molar-refractivity contribution in [2.75, 3.05) is 22.4 Å². The van der Waals surface area contributed by atoms with Crippen molar-refractivity contribution in [3.05, 3.63) is 83.4 Å². The lowest BCUT2D eigenvalue weighted by atomic mass is 10.2. The summed E-state index contributed by atoms with van der Waals surface area (Å²) in [6.07, 6.45) is 0.484. The molecule has 6 nitrogen and oxygen atoms in total. The van der Waals surface area contributed by atoms with Gasteiger partial charge >= 0.3 is 0 Å². The van der Waals surface area contributed by atoms with Crippen LogP contribution in [0, 0.1) is 0 Å². The lowest BCUT2D eigenvalue weighted by Crippen LogP contribution is -2.35. The molecule has 1 amide bonds. The number of benzene rings is 3. The predicted molar refractivity (Wildman–Crippen MR) is 134 cm³/mol. The highest BCUT2D eigenvalue weighted by Crippen LogP contribution is 2.36. The van der Waals surface area contributed by atoms with Gasteiger partial charge in [-0.1, -0.05) is 41.9 Å². The van der Waals surface area contributed by atoms with Crippen LogP contribution in [0.15, 0.2) is 77.7 Å². The fourth-order valence-corrected chi connectivity index (χ4v) is 5.45. The average molecular weight is 503 g/mol. The van der Waals surface area contributed by atoms with E-state index in [9.17, 15) is 13.2 Å². The minimum atomic E-state index is -3.56. The Morgan fingerprint density at radius 1 is 1.12 bits per heavy atom. The minimum Gasteiger partial charge on any atom is -0.478 e. The second-order valence-electron chi connectivity index (χ2n) is 7.63. The molecular formula is C24H23ClN2O4S2. The van der Waals surface area contributed by atoms with Gasteiger partial charge in [0.2, 0.25) is 10.0 Å². The van der Waals surface area contributed by atoms with Crippen molar-refractivity contribution in [1.82, 2.24) is 0 Å². The Hall–Kier alpha value is -2.68. The Morgan fingerprint density at radius 3 is 2.55 bits per heavy atom. The summed E-state index contributed by atoms with van der Waals surface area (Å²) >= 11 is 7.81. The van der Waals surface area contributed by atoms with E-state index in [0.29, 0.717) is 22.1 Å². The summed E-state index contributed by atoms with van der Waals surface area (Å²) in [4.78, 5) is 14.1. The molecule has 1 heterocycles. The highest BCUT2D eigenvalue weighted by molar-refractivity contribution is 7.98. The average Bonchev–Trinajstić information content (AvgIpc) is 2.99. The molecular weight excluding hydrogens is 480 g/mol. The molecule has 172 valence electrons. The molecule has 1 N–H and O–H groups in total. The van der Waals surface area contributed by atoms with Gasteiger partial charge in [0.1, 0.15) is 5.75 Å². The predicted octanol–water partition coefficient (Wildman–Crippen LogP) is 5.19. The van der Waals surface area contributed by atoms with Crippen molar-refractivity contribution < 1.29 is 17.9 Å². The molecule has 0 saturated carbocycles. The number of carbonyl (C=O) groups excluding carboxylic acids is 1. The van der Waals surface area contributed by atoms with Crippen molar-refractivity contribution in [2.24, 2.45) is 0 Å². The monoisotopic (exact) mass is 502 g/mol. The van der Waals surface area contributed by atoms with Crippen molar-refractivity contribution in [1.29, 1.82) is 0 Å². The first kappa shape index (κ1) is 23.5. The molecule has 1 aliphatic rings. The smallest absolute Gasteiger partial charge is 0.265 e. The molecule has 0 radical (unpaired) electrons. The summed E-state index contributed by atoms with van der Waals surface area (Å²) in [7, 11) is -3.56. The Kier molecular flexibility index (Phi) is 7.17. The van der Waals surface area contributed by atoms with Gasteiger partial charge in [0.25, 0.3) is 5.91 Å². The Labute approximate surface area is 203 Å². The van der Waals surface area contributed by atoms with E-state index >= 15 is 0 Å². The maximum Gasteiger partial charge on any atom is 0.265 e. The first-order chi connectivity index (χ1) is 15.8. The van der Waals surface area contributed by atoms with Crippen LogP contribution < -0.4 is 14.4 Å². The number of carbonyl (C=O) groups is 1. The third-order valence-electron chi connectivity index (χ3n) is 5.12. The number of fused-ring (bicyclic) bond motifs is 1. The third-order valence-corrected chi connectivity index (χ3v) is 7.61. The first-order valence-electron chi connectivity index (χ1n) is 10.3. The molecule has 0 saturated heterocycles. The molecule has 4 rings (SSSR count). The molecule has 9 heteroatoms. The van der Waals surface area contributed by atoms with Gasteiger partial charge in [0, 0.05) is 34.3 Å². The number of hydrogen-bond donors (Lipinski definition) is 1. The molecule has 0 bridgehead atoms. The quantitative estimate of drug-likeness (QED) is 0.469. The molecule has 3 aromatic rings. The molecule has 0 aliphatic carbocycles. The number of amides is 1. The van der Waals surface area contributed by atoms with Gasteiger partial charge in [0.15, 0.2) is 6.10 Å². The van der Waals surface area contributed by atoms with E-state index in [2.05, 4.69) is 17.4 Å². The van der Waals surface area contributed by atoms with Crippen LogP contribution in [0.3, 0.4) is 0 Å². The first-order valence-corrected chi connectivity index (χ1v) is 13.5. The van der Waals surface area contributed by atoms with E-state index in [-0.39, 0.29) is 18.9 Å². The van der Waals surface area contributed by atoms with Gasteiger partial charge in [-0.05, 0) is 48.0 Å². The maximum absolute atomic E-state index is 12.9. The van der Waals surface area contributed by atoms with Crippen LogP contribution in [0.4, 0.5) is 11.4 Å². The number of halogens is 1. The van der Waals surface area contributed by atoms with E-state index in [1.807, 2.05) is 42.5 Å². The summed E-state index contributed by atoms with van der Waals surface area (Å²) < 4.78 is 31.7. The third kappa shape index (κ3) is 6.01. The van der Waals surface area contributed by atoms with E-state index in [1.54, 1.807) is 23.9 Å². The summed E-state index contributed by atoms with van der Waals surface area (Å²) in [5.74, 6) is 0.790. The number of ether oxygens (including phenoxy) is 1. The largest absolute Gasteiger partial charge is 0.478 e. The Balaban J connectivity index is 1.42. The number of rotatable bonds is 6.